The van der Waals surface area contributed by atoms with Crippen molar-refractivity contribution in [3.8, 4) is 11.5 Å². The van der Waals surface area contributed by atoms with Gasteiger partial charge >= 0.3 is 0 Å². The molecule has 0 spiro atoms. The molecule has 1 aliphatic rings. The molecule has 0 aromatic heterocycles. The van der Waals surface area contributed by atoms with E-state index in [1.54, 1.807) is 0 Å². The largest absolute Gasteiger partial charge is 0.456 e. The summed E-state index contributed by atoms with van der Waals surface area (Å²) in [5.74, 6) is 2.10. The summed E-state index contributed by atoms with van der Waals surface area (Å²) in [5.41, 5.74) is 1.38. The third kappa shape index (κ3) is 5.49. The molecule has 1 unspecified atom stereocenters. The molecule has 1 fully saturated rings. The molecule has 3 rings (SSSR count). The van der Waals surface area contributed by atoms with Crippen molar-refractivity contribution >= 4 is 11.6 Å². The van der Waals surface area contributed by atoms with Crippen LogP contribution in [-0.2, 0) is 0 Å². The summed E-state index contributed by atoms with van der Waals surface area (Å²) in [6.07, 6.45) is 6.74. The minimum Gasteiger partial charge on any atom is -0.456 e. The summed E-state index contributed by atoms with van der Waals surface area (Å²) >= 11 is 6.15. The lowest BCUT2D eigenvalue weighted by Crippen LogP contribution is -2.26. The number of likely N-dealkylation sites (tertiary alicyclic amines) is 1. The van der Waals surface area contributed by atoms with Gasteiger partial charge in [0.1, 0.15) is 11.5 Å². The number of nitrogens with zero attached hydrogens (tertiary/aromatic N) is 1. The number of rotatable bonds is 6. The van der Waals surface area contributed by atoms with Crippen LogP contribution in [-0.4, -0.2) is 24.5 Å². The molecule has 1 atom stereocenters. The van der Waals surface area contributed by atoms with Crippen LogP contribution in [0.4, 0.5) is 0 Å². The van der Waals surface area contributed by atoms with Gasteiger partial charge in [-0.2, -0.15) is 0 Å². The highest BCUT2D eigenvalue weighted by Crippen LogP contribution is 2.30. The third-order valence-corrected chi connectivity index (χ3v) is 5.40. The van der Waals surface area contributed by atoms with Gasteiger partial charge in [0.15, 0.2) is 0 Å². The van der Waals surface area contributed by atoms with E-state index in [1.165, 1.54) is 57.3 Å². The zero-order chi connectivity index (χ0) is 17.5. The van der Waals surface area contributed by atoms with Crippen molar-refractivity contribution in [2.45, 2.75) is 44.9 Å². The van der Waals surface area contributed by atoms with E-state index in [0.29, 0.717) is 16.7 Å². The van der Waals surface area contributed by atoms with E-state index in [4.69, 9.17) is 16.3 Å². The SMILES string of the molecule is CC(CCN1CCCCCC1)c1ccc(Oc2ccccc2Cl)cc1. The maximum Gasteiger partial charge on any atom is 0.146 e. The highest BCUT2D eigenvalue weighted by Gasteiger charge is 2.12. The Balaban J connectivity index is 1.53. The van der Waals surface area contributed by atoms with Crippen LogP contribution >= 0.6 is 11.6 Å². The quantitative estimate of drug-likeness (QED) is 0.584. The standard InChI is InChI=1S/C22H28ClNO/c1-18(14-17-24-15-6-2-3-7-16-24)19-10-12-20(13-11-19)25-22-9-5-4-8-21(22)23/h4-5,8-13,18H,2-3,6-7,14-17H2,1H3. The van der Waals surface area contributed by atoms with Gasteiger partial charge in [-0.3, -0.25) is 0 Å². The molecule has 2 aromatic carbocycles. The fourth-order valence-corrected chi connectivity index (χ4v) is 3.60. The van der Waals surface area contributed by atoms with Crippen molar-refractivity contribution in [3.63, 3.8) is 0 Å². The number of benzene rings is 2. The minimum absolute atomic E-state index is 0.567. The first-order valence-electron chi connectivity index (χ1n) is 9.47. The Kier molecular flexibility index (Phi) is 6.77. The Bertz CT molecular complexity index is 647. The van der Waals surface area contributed by atoms with Gasteiger partial charge in [-0.25, -0.2) is 0 Å². The molecular weight excluding hydrogens is 330 g/mol. The van der Waals surface area contributed by atoms with Crippen LogP contribution in [0.1, 0.15) is 50.5 Å². The Morgan fingerprint density at radius 2 is 1.64 bits per heavy atom. The lowest BCUT2D eigenvalue weighted by Gasteiger charge is -2.22. The molecule has 0 radical (unpaired) electrons. The predicted molar refractivity (Wildman–Crippen MR) is 106 cm³/mol. The first-order chi connectivity index (χ1) is 12.2. The number of hydrogen-bond acceptors (Lipinski definition) is 2. The van der Waals surface area contributed by atoms with Crippen molar-refractivity contribution < 1.29 is 4.74 Å². The minimum atomic E-state index is 0.567. The van der Waals surface area contributed by atoms with E-state index >= 15 is 0 Å². The van der Waals surface area contributed by atoms with E-state index in [2.05, 4.69) is 24.0 Å². The molecule has 3 heteroatoms. The van der Waals surface area contributed by atoms with E-state index in [-0.39, 0.29) is 0 Å². The smallest absolute Gasteiger partial charge is 0.146 e. The molecule has 1 aliphatic heterocycles. The molecule has 1 heterocycles. The van der Waals surface area contributed by atoms with Gasteiger partial charge in [-0.05, 0) is 74.6 Å². The van der Waals surface area contributed by atoms with Gasteiger partial charge in [-0.1, -0.05) is 55.6 Å². The molecule has 0 amide bonds. The first kappa shape index (κ1) is 18.3. The summed E-state index contributed by atoms with van der Waals surface area (Å²) < 4.78 is 5.87. The summed E-state index contributed by atoms with van der Waals surface area (Å²) in [6, 6.07) is 16.0. The molecule has 0 aliphatic carbocycles. The van der Waals surface area contributed by atoms with Gasteiger partial charge < -0.3 is 9.64 Å². The molecule has 134 valence electrons. The van der Waals surface area contributed by atoms with Crippen molar-refractivity contribution in [1.82, 2.24) is 4.90 Å². The second kappa shape index (κ2) is 9.26. The fourth-order valence-electron chi connectivity index (χ4n) is 3.42. The topological polar surface area (TPSA) is 12.5 Å². The summed E-state index contributed by atoms with van der Waals surface area (Å²) in [4.78, 5) is 2.64. The summed E-state index contributed by atoms with van der Waals surface area (Å²) in [6.45, 7) is 6.08. The Morgan fingerprint density at radius 1 is 0.960 bits per heavy atom. The molecule has 2 aromatic rings. The molecule has 25 heavy (non-hydrogen) atoms. The highest BCUT2D eigenvalue weighted by molar-refractivity contribution is 6.32. The molecule has 0 bridgehead atoms. The molecule has 0 N–H and O–H groups in total. The van der Waals surface area contributed by atoms with Crippen molar-refractivity contribution in [2.75, 3.05) is 19.6 Å². The first-order valence-corrected chi connectivity index (χ1v) is 9.85. The van der Waals surface area contributed by atoms with E-state index < -0.39 is 0 Å². The molecule has 2 nitrogen and oxygen atoms in total. The van der Waals surface area contributed by atoms with Crippen LogP contribution in [0.15, 0.2) is 48.5 Å². The Hall–Kier alpha value is -1.51. The van der Waals surface area contributed by atoms with E-state index in [0.717, 1.165) is 5.75 Å². The van der Waals surface area contributed by atoms with E-state index in [9.17, 15) is 0 Å². The lowest BCUT2D eigenvalue weighted by molar-refractivity contribution is 0.275. The zero-order valence-electron chi connectivity index (χ0n) is 15.1. The Morgan fingerprint density at radius 3 is 2.32 bits per heavy atom. The van der Waals surface area contributed by atoms with Gasteiger partial charge in [0.05, 0.1) is 5.02 Å². The van der Waals surface area contributed by atoms with Crippen LogP contribution in [0.25, 0.3) is 0 Å². The lowest BCUT2D eigenvalue weighted by atomic mass is 9.97. The molecule has 1 saturated heterocycles. The van der Waals surface area contributed by atoms with Crippen molar-refractivity contribution in [1.29, 1.82) is 0 Å². The maximum absolute atomic E-state index is 6.15. The van der Waals surface area contributed by atoms with Crippen LogP contribution in [0.5, 0.6) is 11.5 Å². The van der Waals surface area contributed by atoms with Crippen LogP contribution < -0.4 is 4.74 Å². The Labute approximate surface area is 156 Å². The second-order valence-electron chi connectivity index (χ2n) is 7.05. The molecular formula is C22H28ClNO. The average Bonchev–Trinajstić information content (AvgIpc) is 2.91. The third-order valence-electron chi connectivity index (χ3n) is 5.09. The fraction of sp³-hybridized carbons (Fsp3) is 0.455. The number of hydrogen-bond donors (Lipinski definition) is 0. The van der Waals surface area contributed by atoms with Gasteiger partial charge in [-0.15, -0.1) is 0 Å². The van der Waals surface area contributed by atoms with Gasteiger partial charge in [0, 0.05) is 0 Å². The monoisotopic (exact) mass is 357 g/mol. The number of para-hydroxylation sites is 1. The maximum atomic E-state index is 6.15. The van der Waals surface area contributed by atoms with Gasteiger partial charge in [0.25, 0.3) is 0 Å². The second-order valence-corrected chi connectivity index (χ2v) is 7.45. The van der Waals surface area contributed by atoms with E-state index in [1.807, 2.05) is 36.4 Å². The zero-order valence-corrected chi connectivity index (χ0v) is 15.8. The number of ether oxygens (including phenoxy) is 1. The summed E-state index contributed by atoms with van der Waals surface area (Å²) in [7, 11) is 0. The number of halogens is 1. The van der Waals surface area contributed by atoms with Crippen LogP contribution in [0, 0.1) is 0 Å². The average molecular weight is 358 g/mol. The van der Waals surface area contributed by atoms with Gasteiger partial charge in [0.2, 0.25) is 0 Å². The summed E-state index contributed by atoms with van der Waals surface area (Å²) in [5, 5.41) is 0.636. The predicted octanol–water partition coefficient (Wildman–Crippen LogP) is 6.50. The van der Waals surface area contributed by atoms with Crippen LogP contribution in [0.2, 0.25) is 5.02 Å². The van der Waals surface area contributed by atoms with Crippen molar-refractivity contribution in [2.24, 2.45) is 0 Å². The normalized spacial score (nSPS) is 17.0. The van der Waals surface area contributed by atoms with Crippen molar-refractivity contribution in [3.05, 3.63) is 59.1 Å². The molecule has 0 saturated carbocycles. The van der Waals surface area contributed by atoms with Crippen LogP contribution in [0.3, 0.4) is 0 Å². The highest BCUT2D eigenvalue weighted by atomic mass is 35.5.